The fourth-order valence-electron chi connectivity index (χ4n) is 2.36. The van der Waals surface area contributed by atoms with Crippen LogP contribution in [0.1, 0.15) is 12.5 Å². The molecular formula is C15H20F2N2O4S. The minimum Gasteiger partial charge on any atom is -0.373 e. The molecule has 6 nitrogen and oxygen atoms in total. The van der Waals surface area contributed by atoms with Gasteiger partial charge in [0, 0.05) is 13.1 Å². The summed E-state index contributed by atoms with van der Waals surface area (Å²) in [5.74, 6) is -3.50. The van der Waals surface area contributed by atoms with Crippen LogP contribution in [0.5, 0.6) is 0 Å². The summed E-state index contributed by atoms with van der Waals surface area (Å²) in [4.78, 5) is 13.4. The lowest BCUT2D eigenvalue weighted by Gasteiger charge is -2.23. The molecule has 1 aliphatic rings. The maximum atomic E-state index is 13.5. The normalized spacial score (nSPS) is 18.2. The second-order valence-corrected chi connectivity index (χ2v) is 7.31. The molecule has 2 rings (SSSR count). The largest absolute Gasteiger partial charge is 0.373 e. The Kier molecular flexibility index (Phi) is 5.89. The lowest BCUT2D eigenvalue weighted by Crippen LogP contribution is -2.41. The van der Waals surface area contributed by atoms with Gasteiger partial charge in [0.25, 0.3) is 5.92 Å². The first-order valence-corrected chi connectivity index (χ1v) is 9.04. The Hall–Kier alpha value is -1.58. The Bertz CT molecular complexity index is 677. The smallest absolute Gasteiger partial charge is 0.288 e. The summed E-state index contributed by atoms with van der Waals surface area (Å²) in [5, 5.41) is 0. The number of rotatable bonds is 5. The predicted molar refractivity (Wildman–Crippen MR) is 83.4 cm³/mol. The highest BCUT2D eigenvalue weighted by Crippen LogP contribution is 2.19. The van der Waals surface area contributed by atoms with Gasteiger partial charge in [-0.1, -0.05) is 19.1 Å². The number of amides is 1. The van der Waals surface area contributed by atoms with Crippen LogP contribution in [0.2, 0.25) is 0 Å². The molecular weight excluding hydrogens is 342 g/mol. The van der Waals surface area contributed by atoms with Gasteiger partial charge in [-0.2, -0.15) is 0 Å². The van der Waals surface area contributed by atoms with Gasteiger partial charge in [0.1, 0.15) is 6.61 Å². The number of nitrogens with zero attached hydrogens (tertiary/aromatic N) is 1. The van der Waals surface area contributed by atoms with Crippen molar-refractivity contribution < 1.29 is 26.7 Å². The van der Waals surface area contributed by atoms with Gasteiger partial charge in [-0.3, -0.25) is 4.79 Å². The SMILES string of the molecule is CCNS(=O)(=O)c1ccc(CC(=O)N2CCOCC(F)(F)C2)cc1. The minimum atomic E-state index is -3.56. The summed E-state index contributed by atoms with van der Waals surface area (Å²) in [5.41, 5.74) is 0.559. The Morgan fingerprint density at radius 2 is 2.00 bits per heavy atom. The summed E-state index contributed by atoms with van der Waals surface area (Å²) in [6, 6.07) is 5.80. The van der Waals surface area contributed by atoms with E-state index >= 15 is 0 Å². The van der Waals surface area contributed by atoms with Crippen molar-refractivity contribution in [1.82, 2.24) is 9.62 Å². The summed E-state index contributed by atoms with van der Waals surface area (Å²) in [6.07, 6.45) is -0.0718. The van der Waals surface area contributed by atoms with Crippen molar-refractivity contribution in [3.8, 4) is 0 Å². The highest BCUT2D eigenvalue weighted by molar-refractivity contribution is 7.89. The van der Waals surface area contributed by atoms with Crippen molar-refractivity contribution in [2.45, 2.75) is 24.2 Å². The molecule has 1 amide bonds. The fourth-order valence-corrected chi connectivity index (χ4v) is 3.40. The maximum Gasteiger partial charge on any atom is 0.288 e. The number of nitrogens with one attached hydrogen (secondary N) is 1. The van der Waals surface area contributed by atoms with Crippen molar-refractivity contribution in [1.29, 1.82) is 0 Å². The van der Waals surface area contributed by atoms with E-state index in [0.717, 1.165) is 4.90 Å². The van der Waals surface area contributed by atoms with Gasteiger partial charge < -0.3 is 9.64 Å². The first-order chi connectivity index (χ1) is 11.2. The molecule has 0 bridgehead atoms. The van der Waals surface area contributed by atoms with Gasteiger partial charge in [-0.15, -0.1) is 0 Å². The van der Waals surface area contributed by atoms with Crippen LogP contribution in [0.3, 0.4) is 0 Å². The molecule has 0 saturated carbocycles. The van der Waals surface area contributed by atoms with E-state index in [9.17, 15) is 22.0 Å². The maximum absolute atomic E-state index is 13.5. The van der Waals surface area contributed by atoms with Crippen molar-refractivity contribution in [2.24, 2.45) is 0 Å². The highest BCUT2D eigenvalue weighted by atomic mass is 32.2. The average molecular weight is 362 g/mol. The molecule has 1 fully saturated rings. The Labute approximate surface area is 139 Å². The summed E-state index contributed by atoms with van der Waals surface area (Å²) >= 11 is 0. The molecule has 134 valence electrons. The molecule has 0 aromatic heterocycles. The van der Waals surface area contributed by atoms with Gasteiger partial charge in [-0.05, 0) is 17.7 Å². The standard InChI is InChI=1S/C15H20F2N2O4S/c1-2-18-24(21,22)13-5-3-12(4-6-13)9-14(20)19-7-8-23-11-15(16,17)10-19/h3-6,18H,2,7-11H2,1H3. The molecule has 0 unspecified atom stereocenters. The van der Waals surface area contributed by atoms with Crippen LogP contribution < -0.4 is 4.72 Å². The Morgan fingerprint density at radius 1 is 1.33 bits per heavy atom. The van der Waals surface area contributed by atoms with E-state index in [4.69, 9.17) is 4.74 Å². The number of carbonyl (C=O) groups is 1. The topological polar surface area (TPSA) is 75.7 Å². The van der Waals surface area contributed by atoms with Crippen molar-refractivity contribution in [3.05, 3.63) is 29.8 Å². The number of hydrogen-bond donors (Lipinski definition) is 1. The van der Waals surface area contributed by atoms with Gasteiger partial charge >= 0.3 is 0 Å². The van der Waals surface area contributed by atoms with Gasteiger partial charge in [-0.25, -0.2) is 21.9 Å². The lowest BCUT2D eigenvalue weighted by molar-refractivity contribution is -0.135. The zero-order chi connectivity index (χ0) is 17.8. The molecule has 0 radical (unpaired) electrons. The van der Waals surface area contributed by atoms with E-state index in [-0.39, 0.29) is 31.0 Å². The number of alkyl halides is 2. The Morgan fingerprint density at radius 3 is 2.62 bits per heavy atom. The van der Waals surface area contributed by atoms with Crippen LogP contribution in [0.25, 0.3) is 0 Å². The summed E-state index contributed by atoms with van der Waals surface area (Å²) in [6.45, 7) is 0.772. The van der Waals surface area contributed by atoms with E-state index in [0.29, 0.717) is 5.56 Å². The lowest BCUT2D eigenvalue weighted by atomic mass is 10.1. The van der Waals surface area contributed by atoms with Gasteiger partial charge in [0.2, 0.25) is 15.9 Å². The average Bonchev–Trinajstić information content (AvgIpc) is 2.68. The van der Waals surface area contributed by atoms with E-state index < -0.39 is 35.0 Å². The first kappa shape index (κ1) is 18.8. The van der Waals surface area contributed by atoms with Crippen LogP contribution in [0.4, 0.5) is 8.78 Å². The molecule has 9 heteroatoms. The quantitative estimate of drug-likeness (QED) is 0.849. The van der Waals surface area contributed by atoms with Crippen LogP contribution >= 0.6 is 0 Å². The number of carbonyl (C=O) groups excluding carboxylic acids is 1. The fraction of sp³-hybridized carbons (Fsp3) is 0.533. The first-order valence-electron chi connectivity index (χ1n) is 7.55. The number of halogens is 2. The van der Waals surface area contributed by atoms with Crippen molar-refractivity contribution >= 4 is 15.9 Å². The molecule has 1 heterocycles. The molecule has 0 aliphatic carbocycles. The molecule has 24 heavy (non-hydrogen) atoms. The minimum absolute atomic E-state index is 0.0706. The third-order valence-electron chi connectivity index (χ3n) is 3.52. The van der Waals surface area contributed by atoms with Crippen LogP contribution in [-0.4, -0.2) is 58.0 Å². The van der Waals surface area contributed by atoms with E-state index in [2.05, 4.69) is 4.72 Å². The monoisotopic (exact) mass is 362 g/mol. The van der Waals surface area contributed by atoms with Crippen molar-refractivity contribution in [2.75, 3.05) is 32.8 Å². The number of hydrogen-bond acceptors (Lipinski definition) is 4. The number of ether oxygens (including phenoxy) is 1. The van der Waals surface area contributed by atoms with Gasteiger partial charge in [0.15, 0.2) is 0 Å². The molecule has 0 spiro atoms. The molecule has 1 saturated heterocycles. The van der Waals surface area contributed by atoms with Crippen LogP contribution in [-0.2, 0) is 26.0 Å². The van der Waals surface area contributed by atoms with Gasteiger partial charge in [0.05, 0.1) is 24.5 Å². The predicted octanol–water partition coefficient (Wildman–Crippen LogP) is 1.02. The third-order valence-corrected chi connectivity index (χ3v) is 5.08. The molecule has 1 aliphatic heterocycles. The third kappa shape index (κ3) is 4.96. The Balaban J connectivity index is 2.04. The number of sulfonamides is 1. The zero-order valence-corrected chi connectivity index (χ0v) is 14.1. The second-order valence-electron chi connectivity index (χ2n) is 5.55. The second kappa shape index (κ2) is 7.54. The van der Waals surface area contributed by atoms with Crippen LogP contribution in [0.15, 0.2) is 29.2 Å². The van der Waals surface area contributed by atoms with E-state index in [1.807, 2.05) is 0 Å². The highest BCUT2D eigenvalue weighted by Gasteiger charge is 2.36. The summed E-state index contributed by atoms with van der Waals surface area (Å²) in [7, 11) is -3.56. The summed E-state index contributed by atoms with van der Waals surface area (Å²) < 4.78 is 57.8. The van der Waals surface area contributed by atoms with Crippen LogP contribution in [0, 0.1) is 0 Å². The van der Waals surface area contributed by atoms with E-state index in [1.165, 1.54) is 24.3 Å². The van der Waals surface area contributed by atoms with E-state index in [1.54, 1.807) is 6.92 Å². The molecule has 1 N–H and O–H groups in total. The van der Waals surface area contributed by atoms with Crippen molar-refractivity contribution in [3.63, 3.8) is 0 Å². The molecule has 1 aromatic carbocycles. The number of benzene rings is 1. The molecule has 1 aromatic rings. The molecule has 0 atom stereocenters. The zero-order valence-electron chi connectivity index (χ0n) is 13.3.